The third-order valence-corrected chi connectivity index (χ3v) is 5.43. The van der Waals surface area contributed by atoms with Gasteiger partial charge < -0.3 is 10.8 Å². The van der Waals surface area contributed by atoms with Gasteiger partial charge in [0, 0.05) is 13.1 Å². The molecule has 1 aromatic carbocycles. The molecule has 2 unspecified atom stereocenters. The Balaban J connectivity index is 2.21. The number of primary amides is 1. The Bertz CT molecular complexity index is 595. The van der Waals surface area contributed by atoms with Gasteiger partial charge in [-0.25, -0.2) is 8.42 Å². The van der Waals surface area contributed by atoms with Gasteiger partial charge in [0.1, 0.15) is 0 Å². The number of hydrogen-bond acceptors (Lipinski definition) is 4. The van der Waals surface area contributed by atoms with Crippen molar-refractivity contribution in [3.05, 3.63) is 29.8 Å². The van der Waals surface area contributed by atoms with Gasteiger partial charge in [-0.05, 0) is 31.0 Å². The Morgan fingerprint density at radius 2 is 2.00 bits per heavy atom. The SMILES string of the molecule is CC(O)c1ccc(S(=O)(=O)N2CCC(C(N)=O)C2)cc1. The fourth-order valence-electron chi connectivity index (χ4n) is 2.25. The quantitative estimate of drug-likeness (QED) is 0.831. The zero-order chi connectivity index (χ0) is 14.9. The smallest absolute Gasteiger partial charge is 0.243 e. The number of carbonyl (C=O) groups excluding carboxylic acids is 1. The second kappa shape index (κ2) is 5.51. The molecule has 1 aliphatic rings. The molecule has 7 heteroatoms. The maximum Gasteiger partial charge on any atom is 0.243 e. The molecule has 0 bridgehead atoms. The van der Waals surface area contributed by atoms with Crippen molar-refractivity contribution in [1.29, 1.82) is 0 Å². The maximum atomic E-state index is 12.4. The lowest BCUT2D eigenvalue weighted by molar-refractivity contribution is -0.121. The molecule has 0 aromatic heterocycles. The summed E-state index contributed by atoms with van der Waals surface area (Å²) in [5, 5.41) is 9.41. The molecule has 0 radical (unpaired) electrons. The van der Waals surface area contributed by atoms with Crippen molar-refractivity contribution in [1.82, 2.24) is 4.31 Å². The molecular formula is C13H18N2O4S. The molecule has 1 amide bonds. The van der Waals surface area contributed by atoms with Crippen molar-refractivity contribution < 1.29 is 18.3 Å². The van der Waals surface area contributed by atoms with E-state index in [2.05, 4.69) is 0 Å². The van der Waals surface area contributed by atoms with Gasteiger partial charge in [-0.3, -0.25) is 4.79 Å². The Morgan fingerprint density at radius 3 is 2.45 bits per heavy atom. The number of nitrogens with zero attached hydrogens (tertiary/aromatic N) is 1. The molecule has 1 heterocycles. The Kier molecular flexibility index (Phi) is 4.12. The molecule has 2 atom stereocenters. The van der Waals surface area contributed by atoms with E-state index in [-0.39, 0.29) is 11.4 Å². The van der Waals surface area contributed by atoms with E-state index in [1.165, 1.54) is 16.4 Å². The van der Waals surface area contributed by atoms with Crippen LogP contribution in [0, 0.1) is 5.92 Å². The molecule has 20 heavy (non-hydrogen) atoms. The molecule has 6 nitrogen and oxygen atoms in total. The molecule has 0 spiro atoms. The van der Waals surface area contributed by atoms with Gasteiger partial charge in [0.15, 0.2) is 0 Å². The highest BCUT2D eigenvalue weighted by Crippen LogP contribution is 2.25. The molecule has 1 aromatic rings. The molecule has 0 saturated carbocycles. The van der Waals surface area contributed by atoms with Gasteiger partial charge in [-0.15, -0.1) is 0 Å². The zero-order valence-electron chi connectivity index (χ0n) is 11.2. The van der Waals surface area contributed by atoms with Crippen LogP contribution in [0.1, 0.15) is 25.0 Å². The largest absolute Gasteiger partial charge is 0.389 e. The van der Waals surface area contributed by atoms with E-state index in [1.807, 2.05) is 0 Å². The van der Waals surface area contributed by atoms with E-state index in [0.29, 0.717) is 18.5 Å². The first-order valence-corrected chi connectivity index (χ1v) is 7.84. The number of sulfonamides is 1. The van der Waals surface area contributed by atoms with E-state index in [9.17, 15) is 18.3 Å². The first-order valence-electron chi connectivity index (χ1n) is 6.40. The van der Waals surface area contributed by atoms with Crippen LogP contribution in [0.25, 0.3) is 0 Å². The third-order valence-electron chi connectivity index (χ3n) is 3.55. The summed E-state index contributed by atoms with van der Waals surface area (Å²) in [5.74, 6) is -0.881. The van der Waals surface area contributed by atoms with Gasteiger partial charge in [0.2, 0.25) is 15.9 Å². The molecule has 110 valence electrons. The minimum Gasteiger partial charge on any atom is -0.389 e. The molecular weight excluding hydrogens is 280 g/mol. The number of carbonyl (C=O) groups is 1. The first-order chi connectivity index (χ1) is 9.32. The number of benzene rings is 1. The summed E-state index contributed by atoms with van der Waals surface area (Å²) in [5.41, 5.74) is 5.86. The number of hydrogen-bond donors (Lipinski definition) is 2. The summed E-state index contributed by atoms with van der Waals surface area (Å²) in [6.45, 7) is 2.05. The Morgan fingerprint density at radius 1 is 1.40 bits per heavy atom. The van der Waals surface area contributed by atoms with Crippen molar-refractivity contribution in [2.24, 2.45) is 11.7 Å². The minimum atomic E-state index is -3.60. The predicted molar refractivity (Wildman–Crippen MR) is 73.1 cm³/mol. The Labute approximate surface area is 118 Å². The molecule has 1 fully saturated rings. The van der Waals surface area contributed by atoms with Gasteiger partial charge in [0.05, 0.1) is 16.9 Å². The van der Waals surface area contributed by atoms with Gasteiger partial charge in [-0.1, -0.05) is 12.1 Å². The third kappa shape index (κ3) is 2.84. The monoisotopic (exact) mass is 298 g/mol. The lowest BCUT2D eigenvalue weighted by Gasteiger charge is -2.16. The van der Waals surface area contributed by atoms with Crippen LogP contribution in [0.2, 0.25) is 0 Å². The number of aliphatic hydroxyl groups excluding tert-OH is 1. The standard InChI is InChI=1S/C13H18N2O4S/c1-9(16)10-2-4-12(5-3-10)20(18,19)15-7-6-11(8-15)13(14)17/h2-5,9,11,16H,6-8H2,1H3,(H2,14,17). The second-order valence-electron chi connectivity index (χ2n) is 5.00. The van der Waals surface area contributed by atoms with Gasteiger partial charge >= 0.3 is 0 Å². The second-order valence-corrected chi connectivity index (χ2v) is 6.93. The van der Waals surface area contributed by atoms with Crippen molar-refractivity contribution >= 4 is 15.9 Å². The highest BCUT2D eigenvalue weighted by atomic mass is 32.2. The normalized spacial score (nSPS) is 21.8. The lowest BCUT2D eigenvalue weighted by atomic mass is 10.1. The molecule has 2 rings (SSSR count). The summed E-state index contributed by atoms with van der Waals surface area (Å²) in [7, 11) is -3.60. The average molecular weight is 298 g/mol. The van der Waals surface area contributed by atoms with Crippen LogP contribution in [0.15, 0.2) is 29.2 Å². The predicted octanol–water partition coefficient (Wildman–Crippen LogP) is 0.236. The Hall–Kier alpha value is -1.44. The van der Waals surface area contributed by atoms with Crippen molar-refractivity contribution in [3.8, 4) is 0 Å². The van der Waals surface area contributed by atoms with E-state index < -0.39 is 28.0 Å². The summed E-state index contributed by atoms with van der Waals surface area (Å²) in [6, 6.07) is 6.10. The van der Waals surface area contributed by atoms with E-state index in [0.717, 1.165) is 0 Å². The van der Waals surface area contributed by atoms with Crippen molar-refractivity contribution in [2.45, 2.75) is 24.3 Å². The molecule has 1 saturated heterocycles. The van der Waals surface area contributed by atoms with Crippen molar-refractivity contribution in [2.75, 3.05) is 13.1 Å². The van der Waals surface area contributed by atoms with Gasteiger partial charge in [-0.2, -0.15) is 4.31 Å². The van der Waals surface area contributed by atoms with Crippen LogP contribution in [-0.2, 0) is 14.8 Å². The van der Waals surface area contributed by atoms with E-state index >= 15 is 0 Å². The fraction of sp³-hybridized carbons (Fsp3) is 0.462. The van der Waals surface area contributed by atoms with Crippen LogP contribution in [-0.4, -0.2) is 36.8 Å². The number of aliphatic hydroxyl groups is 1. The summed E-state index contributed by atoms with van der Waals surface area (Å²) in [4.78, 5) is 11.3. The summed E-state index contributed by atoms with van der Waals surface area (Å²) in [6.07, 6.45) is -0.182. The summed E-state index contributed by atoms with van der Waals surface area (Å²) >= 11 is 0. The average Bonchev–Trinajstić information content (AvgIpc) is 2.89. The van der Waals surface area contributed by atoms with E-state index in [4.69, 9.17) is 5.73 Å². The topological polar surface area (TPSA) is 101 Å². The number of nitrogens with two attached hydrogens (primary N) is 1. The molecule has 3 N–H and O–H groups in total. The molecule has 1 aliphatic heterocycles. The fourth-order valence-corrected chi connectivity index (χ4v) is 3.75. The van der Waals surface area contributed by atoms with Crippen LogP contribution >= 0.6 is 0 Å². The first kappa shape index (κ1) is 15.0. The van der Waals surface area contributed by atoms with E-state index in [1.54, 1.807) is 19.1 Å². The number of amides is 1. The highest BCUT2D eigenvalue weighted by Gasteiger charge is 2.34. The van der Waals surface area contributed by atoms with Crippen LogP contribution in [0.4, 0.5) is 0 Å². The van der Waals surface area contributed by atoms with Crippen LogP contribution in [0.5, 0.6) is 0 Å². The zero-order valence-corrected chi connectivity index (χ0v) is 12.0. The van der Waals surface area contributed by atoms with Crippen LogP contribution in [0.3, 0.4) is 0 Å². The van der Waals surface area contributed by atoms with Crippen LogP contribution < -0.4 is 5.73 Å². The molecule has 0 aliphatic carbocycles. The van der Waals surface area contributed by atoms with Crippen molar-refractivity contribution in [3.63, 3.8) is 0 Å². The summed E-state index contributed by atoms with van der Waals surface area (Å²) < 4.78 is 26.1. The number of rotatable bonds is 4. The highest BCUT2D eigenvalue weighted by molar-refractivity contribution is 7.89. The lowest BCUT2D eigenvalue weighted by Crippen LogP contribution is -2.31. The van der Waals surface area contributed by atoms with Gasteiger partial charge in [0.25, 0.3) is 0 Å². The maximum absolute atomic E-state index is 12.4. The minimum absolute atomic E-state index is 0.135.